The van der Waals surface area contributed by atoms with Crippen molar-refractivity contribution in [2.45, 2.75) is 12.8 Å². The van der Waals surface area contributed by atoms with E-state index in [0.717, 1.165) is 5.56 Å². The van der Waals surface area contributed by atoms with Gasteiger partial charge in [0.05, 0.1) is 44.1 Å². The van der Waals surface area contributed by atoms with Crippen molar-refractivity contribution in [2.24, 2.45) is 5.73 Å². The third kappa shape index (κ3) is 4.69. The lowest BCUT2D eigenvalue weighted by atomic mass is 9.83. The molecule has 0 saturated carbocycles. The molecule has 1 fully saturated rings. The Bertz CT molecular complexity index is 1420. The summed E-state index contributed by atoms with van der Waals surface area (Å²) in [6, 6.07) is 14.7. The molecule has 1 amide bonds. The highest BCUT2D eigenvalue weighted by atomic mass is 16.6. The third-order valence-electron chi connectivity index (χ3n) is 6.36. The van der Waals surface area contributed by atoms with Gasteiger partial charge in [0.25, 0.3) is 0 Å². The van der Waals surface area contributed by atoms with Crippen LogP contribution in [0.2, 0.25) is 0 Å². The molecule has 0 bridgehead atoms. The summed E-state index contributed by atoms with van der Waals surface area (Å²) in [5.41, 5.74) is 9.04. The molecule has 11 heteroatoms. The van der Waals surface area contributed by atoms with Crippen LogP contribution in [0.25, 0.3) is 11.3 Å². The maximum Gasteiger partial charge on any atom is 0.415 e. The van der Waals surface area contributed by atoms with Crippen molar-refractivity contribution in [3.8, 4) is 40.5 Å². The summed E-state index contributed by atoms with van der Waals surface area (Å²) in [6.07, 6.45) is -0.459. The van der Waals surface area contributed by atoms with Crippen LogP contribution in [-0.2, 0) is 4.74 Å². The molecule has 0 unspecified atom stereocenters. The Kier molecular flexibility index (Phi) is 7.06. The van der Waals surface area contributed by atoms with Gasteiger partial charge in [-0.3, -0.25) is 5.10 Å². The second kappa shape index (κ2) is 10.7. The summed E-state index contributed by atoms with van der Waals surface area (Å²) in [5, 5.41) is 17.4. The standard InChI is InChI=1S/C27H27N5O6/c1-3-36-20-8-7-17(14-21(20)34-2)24-23-22(19(15-28)25(29)38-26(23)31-30-24)16-5-4-6-18(13-16)37-27(33)32-9-11-35-12-10-32/h4-8,13-14,22H,3,9-12,29H2,1-2H3,(H,30,31)/t22-/m1/s1. The summed E-state index contributed by atoms with van der Waals surface area (Å²) in [4.78, 5) is 14.3. The van der Waals surface area contributed by atoms with Crippen LogP contribution in [0.5, 0.6) is 23.1 Å². The van der Waals surface area contributed by atoms with Crippen LogP contribution in [-0.4, -0.2) is 61.2 Å². The van der Waals surface area contributed by atoms with Crippen LogP contribution in [0.1, 0.15) is 24.0 Å². The smallest absolute Gasteiger partial charge is 0.415 e. The average molecular weight is 518 g/mol. The number of nitrogens with zero attached hydrogens (tertiary/aromatic N) is 3. The highest BCUT2D eigenvalue weighted by Crippen LogP contribution is 2.47. The lowest BCUT2D eigenvalue weighted by Crippen LogP contribution is -2.42. The number of allylic oxidation sites excluding steroid dienone is 1. The van der Waals surface area contributed by atoms with Gasteiger partial charge in [0.1, 0.15) is 17.4 Å². The van der Waals surface area contributed by atoms with Gasteiger partial charge in [0.2, 0.25) is 11.8 Å². The van der Waals surface area contributed by atoms with Gasteiger partial charge in [0.15, 0.2) is 11.5 Å². The number of methoxy groups -OCH3 is 1. The third-order valence-corrected chi connectivity index (χ3v) is 6.36. The minimum Gasteiger partial charge on any atom is -0.493 e. The van der Waals surface area contributed by atoms with Gasteiger partial charge < -0.3 is 34.3 Å². The largest absolute Gasteiger partial charge is 0.493 e. The zero-order chi connectivity index (χ0) is 26.6. The van der Waals surface area contributed by atoms with Crippen molar-refractivity contribution in [3.63, 3.8) is 0 Å². The first-order valence-electron chi connectivity index (χ1n) is 12.2. The molecule has 1 saturated heterocycles. The number of rotatable bonds is 6. The van der Waals surface area contributed by atoms with Crippen LogP contribution in [0.4, 0.5) is 4.79 Å². The summed E-state index contributed by atoms with van der Waals surface area (Å²) in [7, 11) is 1.57. The molecule has 11 nitrogen and oxygen atoms in total. The van der Waals surface area contributed by atoms with E-state index in [1.807, 2.05) is 31.2 Å². The van der Waals surface area contributed by atoms with E-state index in [-0.39, 0.29) is 17.3 Å². The lowest BCUT2D eigenvalue weighted by Gasteiger charge is -2.26. The van der Waals surface area contributed by atoms with Crippen molar-refractivity contribution in [1.29, 1.82) is 5.26 Å². The monoisotopic (exact) mass is 517 g/mol. The number of benzene rings is 2. The highest BCUT2D eigenvalue weighted by Gasteiger charge is 2.36. The topological polar surface area (TPSA) is 145 Å². The summed E-state index contributed by atoms with van der Waals surface area (Å²) in [6.45, 7) is 4.25. The zero-order valence-electron chi connectivity index (χ0n) is 21.0. The Morgan fingerprint density at radius 1 is 1.24 bits per heavy atom. The van der Waals surface area contributed by atoms with E-state index >= 15 is 0 Å². The first-order chi connectivity index (χ1) is 18.5. The molecule has 38 heavy (non-hydrogen) atoms. The fourth-order valence-electron chi connectivity index (χ4n) is 4.57. The molecular weight excluding hydrogens is 490 g/mol. The van der Waals surface area contributed by atoms with E-state index in [4.69, 9.17) is 29.4 Å². The molecule has 3 aromatic rings. The molecule has 3 N–H and O–H groups in total. The minimum absolute atomic E-state index is 0.0389. The van der Waals surface area contributed by atoms with Crippen LogP contribution in [0.15, 0.2) is 53.9 Å². The number of nitrogens with two attached hydrogens (primary N) is 1. The van der Waals surface area contributed by atoms with Gasteiger partial charge in [-0.05, 0) is 42.8 Å². The van der Waals surface area contributed by atoms with Crippen LogP contribution in [0, 0.1) is 11.3 Å². The molecule has 0 radical (unpaired) electrons. The maximum atomic E-state index is 12.7. The van der Waals surface area contributed by atoms with Crippen LogP contribution in [0.3, 0.4) is 0 Å². The van der Waals surface area contributed by atoms with E-state index in [1.54, 1.807) is 30.2 Å². The fourth-order valence-corrected chi connectivity index (χ4v) is 4.57. The number of nitriles is 1. The van der Waals surface area contributed by atoms with E-state index in [2.05, 4.69) is 16.3 Å². The zero-order valence-corrected chi connectivity index (χ0v) is 21.0. The summed E-state index contributed by atoms with van der Waals surface area (Å²) in [5.74, 6) is 1.09. The van der Waals surface area contributed by atoms with Gasteiger partial charge in [0, 0.05) is 18.7 Å². The number of H-pyrrole nitrogens is 1. The Morgan fingerprint density at radius 3 is 2.79 bits per heavy atom. The highest BCUT2D eigenvalue weighted by molar-refractivity contribution is 5.74. The Hall–Kier alpha value is -4.69. The number of aromatic nitrogens is 2. The van der Waals surface area contributed by atoms with Gasteiger partial charge in [-0.25, -0.2) is 4.79 Å². The molecular formula is C27H27N5O6. The number of carbonyl (C=O) groups excluding carboxylic acids is 1. The van der Waals surface area contributed by atoms with Gasteiger partial charge >= 0.3 is 6.09 Å². The molecule has 2 aliphatic rings. The van der Waals surface area contributed by atoms with E-state index in [0.29, 0.717) is 67.0 Å². The number of carbonyl (C=O) groups is 1. The first-order valence-corrected chi connectivity index (χ1v) is 12.2. The average Bonchev–Trinajstić information content (AvgIpc) is 3.36. The van der Waals surface area contributed by atoms with Gasteiger partial charge in [-0.1, -0.05) is 12.1 Å². The lowest BCUT2D eigenvalue weighted by molar-refractivity contribution is 0.0416. The number of morpholine rings is 1. The summed E-state index contributed by atoms with van der Waals surface area (Å²) >= 11 is 0. The molecule has 196 valence electrons. The van der Waals surface area contributed by atoms with Gasteiger partial charge in [-0.15, -0.1) is 5.10 Å². The van der Waals surface area contributed by atoms with Crippen molar-refractivity contribution in [2.75, 3.05) is 40.0 Å². The van der Waals surface area contributed by atoms with E-state index in [9.17, 15) is 10.1 Å². The minimum atomic E-state index is -0.628. The Balaban J connectivity index is 1.54. The number of aromatic amines is 1. The number of hydrogen-bond donors (Lipinski definition) is 2. The Morgan fingerprint density at radius 2 is 2.05 bits per heavy atom. The van der Waals surface area contributed by atoms with Crippen molar-refractivity contribution in [3.05, 3.63) is 65.0 Å². The van der Waals surface area contributed by atoms with Crippen molar-refractivity contribution >= 4 is 6.09 Å². The molecule has 0 aliphatic carbocycles. The molecule has 3 heterocycles. The number of fused-ring (bicyclic) bond motifs is 1. The second-order valence-corrected chi connectivity index (χ2v) is 8.58. The predicted molar refractivity (Wildman–Crippen MR) is 136 cm³/mol. The van der Waals surface area contributed by atoms with Crippen LogP contribution >= 0.6 is 0 Å². The van der Waals surface area contributed by atoms with E-state index < -0.39 is 12.0 Å². The quantitative estimate of drug-likeness (QED) is 0.501. The molecule has 1 atom stereocenters. The normalized spacial score (nSPS) is 16.8. The van der Waals surface area contributed by atoms with Gasteiger partial charge in [-0.2, -0.15) is 5.26 Å². The summed E-state index contributed by atoms with van der Waals surface area (Å²) < 4.78 is 27.8. The number of ether oxygens (including phenoxy) is 5. The molecule has 1 aromatic heterocycles. The maximum absolute atomic E-state index is 12.7. The SMILES string of the molecule is CCOc1ccc(-c2[nH]nc3c2[C@H](c2cccc(OC(=O)N4CCOCC4)c2)C(C#N)=C(N)O3)cc1OC. The number of hydrogen-bond acceptors (Lipinski definition) is 9. The fraction of sp³-hybridized carbons (Fsp3) is 0.296. The first kappa shape index (κ1) is 25.0. The molecule has 2 aliphatic heterocycles. The molecule has 5 rings (SSSR count). The van der Waals surface area contributed by atoms with Crippen molar-refractivity contribution in [1.82, 2.24) is 15.1 Å². The molecule has 0 spiro atoms. The predicted octanol–water partition coefficient (Wildman–Crippen LogP) is 3.53. The second-order valence-electron chi connectivity index (χ2n) is 8.58. The Labute approximate surface area is 219 Å². The number of nitrogens with one attached hydrogen (secondary N) is 1. The van der Waals surface area contributed by atoms with Crippen molar-refractivity contribution < 1.29 is 28.5 Å². The van der Waals surface area contributed by atoms with E-state index in [1.165, 1.54) is 0 Å². The van der Waals surface area contributed by atoms with Crippen LogP contribution < -0.4 is 24.7 Å². The molecule has 2 aromatic carbocycles. The number of amides is 1.